The maximum Gasteiger partial charge on any atom is 0.0693 e. The fraction of sp³-hybridized carbons (Fsp3) is 1.00. The predicted molar refractivity (Wildman–Crippen MR) is 52.7 cm³/mol. The second-order valence-electron chi connectivity index (χ2n) is 4.31. The summed E-state index contributed by atoms with van der Waals surface area (Å²) in [7, 11) is 0. The summed E-state index contributed by atoms with van der Waals surface area (Å²) in [5.41, 5.74) is 0. The van der Waals surface area contributed by atoms with Gasteiger partial charge in [-0.15, -0.1) is 0 Å². The lowest BCUT2D eigenvalue weighted by molar-refractivity contribution is 0.0860. The highest BCUT2D eigenvalue weighted by molar-refractivity contribution is 4.86. The molecule has 3 heteroatoms. The van der Waals surface area contributed by atoms with E-state index in [4.69, 9.17) is 0 Å². The largest absolute Gasteiger partial charge is 0.392 e. The van der Waals surface area contributed by atoms with Crippen molar-refractivity contribution in [1.82, 2.24) is 10.6 Å². The minimum atomic E-state index is -0.102. The van der Waals surface area contributed by atoms with E-state index in [1.807, 2.05) is 0 Å². The number of rotatable bonds is 2. The predicted octanol–water partition coefficient (Wildman–Crippen LogP) is 0.241. The first-order chi connectivity index (χ1) is 6.36. The van der Waals surface area contributed by atoms with Crippen LogP contribution in [0.4, 0.5) is 0 Å². The van der Waals surface area contributed by atoms with Crippen molar-refractivity contribution in [2.75, 3.05) is 13.1 Å². The number of aliphatic hydroxyl groups excluding tert-OH is 1. The van der Waals surface area contributed by atoms with Crippen molar-refractivity contribution < 1.29 is 5.11 Å². The normalized spacial score (nSPS) is 40.8. The first-order valence-corrected chi connectivity index (χ1v) is 5.51. The minimum Gasteiger partial charge on any atom is -0.392 e. The Balaban J connectivity index is 1.78. The van der Waals surface area contributed by atoms with Gasteiger partial charge in [-0.25, -0.2) is 0 Å². The zero-order chi connectivity index (χ0) is 9.10. The fourth-order valence-electron chi connectivity index (χ4n) is 2.41. The van der Waals surface area contributed by atoms with Gasteiger partial charge in [0.15, 0.2) is 0 Å². The van der Waals surface area contributed by atoms with Gasteiger partial charge in [-0.1, -0.05) is 12.8 Å². The highest BCUT2D eigenvalue weighted by Gasteiger charge is 2.26. The van der Waals surface area contributed by atoms with Crippen LogP contribution in [0.1, 0.15) is 32.1 Å². The maximum absolute atomic E-state index is 9.75. The van der Waals surface area contributed by atoms with E-state index in [1.165, 1.54) is 19.3 Å². The molecule has 2 fully saturated rings. The third kappa shape index (κ3) is 2.42. The molecule has 1 aliphatic heterocycles. The van der Waals surface area contributed by atoms with Crippen molar-refractivity contribution in [3.8, 4) is 0 Å². The van der Waals surface area contributed by atoms with E-state index in [0.717, 1.165) is 25.9 Å². The Morgan fingerprint density at radius 1 is 1.15 bits per heavy atom. The highest BCUT2D eigenvalue weighted by Crippen LogP contribution is 2.19. The van der Waals surface area contributed by atoms with Gasteiger partial charge in [-0.3, -0.25) is 0 Å². The second-order valence-corrected chi connectivity index (χ2v) is 4.31. The Bertz CT molecular complexity index is 157. The quantitative estimate of drug-likeness (QED) is 0.576. The second kappa shape index (κ2) is 4.40. The molecule has 2 aliphatic rings. The van der Waals surface area contributed by atoms with Crippen molar-refractivity contribution >= 4 is 0 Å². The van der Waals surface area contributed by atoms with E-state index >= 15 is 0 Å². The van der Waals surface area contributed by atoms with Gasteiger partial charge in [0.2, 0.25) is 0 Å². The number of nitrogens with one attached hydrogen (secondary N) is 2. The van der Waals surface area contributed by atoms with E-state index < -0.39 is 0 Å². The van der Waals surface area contributed by atoms with Gasteiger partial charge in [0, 0.05) is 18.6 Å². The monoisotopic (exact) mass is 184 g/mol. The Morgan fingerprint density at radius 3 is 2.69 bits per heavy atom. The Labute approximate surface area is 79.9 Å². The molecule has 13 heavy (non-hydrogen) atoms. The average molecular weight is 184 g/mol. The zero-order valence-corrected chi connectivity index (χ0v) is 8.13. The summed E-state index contributed by atoms with van der Waals surface area (Å²) in [6.07, 6.45) is 5.71. The van der Waals surface area contributed by atoms with Crippen LogP contribution in [-0.4, -0.2) is 36.4 Å². The average Bonchev–Trinajstić information content (AvgIpc) is 2.61. The molecule has 3 atom stereocenters. The SMILES string of the molecule is O[C@@H]1CCCC[C@H]1NC1CCNC1. The highest BCUT2D eigenvalue weighted by atomic mass is 16.3. The van der Waals surface area contributed by atoms with Gasteiger partial charge in [-0.05, 0) is 25.8 Å². The summed E-state index contributed by atoms with van der Waals surface area (Å²) in [5, 5.41) is 16.6. The van der Waals surface area contributed by atoms with Gasteiger partial charge in [0.05, 0.1) is 6.10 Å². The first-order valence-electron chi connectivity index (χ1n) is 5.51. The molecule has 76 valence electrons. The van der Waals surface area contributed by atoms with Crippen molar-refractivity contribution in [2.45, 2.75) is 50.3 Å². The van der Waals surface area contributed by atoms with Crippen molar-refractivity contribution in [3.05, 3.63) is 0 Å². The van der Waals surface area contributed by atoms with Crippen LogP contribution in [0.25, 0.3) is 0 Å². The van der Waals surface area contributed by atoms with Crippen LogP contribution in [0.2, 0.25) is 0 Å². The van der Waals surface area contributed by atoms with E-state index in [2.05, 4.69) is 10.6 Å². The maximum atomic E-state index is 9.75. The van der Waals surface area contributed by atoms with Crippen molar-refractivity contribution in [1.29, 1.82) is 0 Å². The molecule has 0 aromatic heterocycles. The van der Waals surface area contributed by atoms with Crippen LogP contribution < -0.4 is 10.6 Å². The fourth-order valence-corrected chi connectivity index (χ4v) is 2.41. The van der Waals surface area contributed by atoms with Gasteiger partial charge in [0.25, 0.3) is 0 Å². The molecule has 3 nitrogen and oxygen atoms in total. The van der Waals surface area contributed by atoms with Crippen LogP contribution in [0.5, 0.6) is 0 Å². The summed E-state index contributed by atoms with van der Waals surface area (Å²) >= 11 is 0. The third-order valence-electron chi connectivity index (χ3n) is 3.24. The summed E-state index contributed by atoms with van der Waals surface area (Å²) in [6, 6.07) is 0.955. The molecule has 3 N–H and O–H groups in total. The molecule has 1 unspecified atom stereocenters. The van der Waals surface area contributed by atoms with E-state index in [0.29, 0.717) is 12.1 Å². The molecule has 2 rings (SSSR count). The van der Waals surface area contributed by atoms with Crippen LogP contribution >= 0.6 is 0 Å². The van der Waals surface area contributed by atoms with Crippen LogP contribution in [0.15, 0.2) is 0 Å². The van der Waals surface area contributed by atoms with E-state index in [-0.39, 0.29) is 6.10 Å². The molecule has 1 saturated heterocycles. The van der Waals surface area contributed by atoms with Crippen LogP contribution in [0, 0.1) is 0 Å². The minimum absolute atomic E-state index is 0.102. The van der Waals surface area contributed by atoms with Gasteiger partial charge in [-0.2, -0.15) is 0 Å². The molecular formula is C10H20N2O. The molecule has 1 aliphatic carbocycles. The van der Waals surface area contributed by atoms with E-state index in [9.17, 15) is 5.11 Å². The molecule has 0 aromatic rings. The Kier molecular flexibility index (Phi) is 3.19. The molecule has 1 saturated carbocycles. The smallest absolute Gasteiger partial charge is 0.0693 e. The molecular weight excluding hydrogens is 164 g/mol. The number of aliphatic hydroxyl groups is 1. The standard InChI is InChI=1S/C10H20N2O/c13-10-4-2-1-3-9(10)12-8-5-6-11-7-8/h8-13H,1-7H2/t8?,9-,10-/m1/s1. The van der Waals surface area contributed by atoms with E-state index in [1.54, 1.807) is 0 Å². The molecule has 0 amide bonds. The number of hydrogen-bond donors (Lipinski definition) is 3. The first kappa shape index (κ1) is 9.44. The molecule has 0 spiro atoms. The lowest BCUT2D eigenvalue weighted by Crippen LogP contribution is -2.47. The number of hydrogen-bond acceptors (Lipinski definition) is 3. The van der Waals surface area contributed by atoms with Gasteiger partial charge >= 0.3 is 0 Å². The summed E-state index contributed by atoms with van der Waals surface area (Å²) in [5.74, 6) is 0. The molecule has 0 aromatic carbocycles. The summed E-state index contributed by atoms with van der Waals surface area (Å²) in [6.45, 7) is 2.20. The topological polar surface area (TPSA) is 44.3 Å². The lowest BCUT2D eigenvalue weighted by Gasteiger charge is -2.30. The Morgan fingerprint density at radius 2 is 2.00 bits per heavy atom. The molecule has 0 radical (unpaired) electrons. The summed E-state index contributed by atoms with van der Waals surface area (Å²) in [4.78, 5) is 0. The molecule has 1 heterocycles. The van der Waals surface area contributed by atoms with Crippen LogP contribution in [0.3, 0.4) is 0 Å². The van der Waals surface area contributed by atoms with Gasteiger partial charge in [0.1, 0.15) is 0 Å². The van der Waals surface area contributed by atoms with Crippen LogP contribution in [-0.2, 0) is 0 Å². The zero-order valence-electron chi connectivity index (χ0n) is 8.13. The Hall–Kier alpha value is -0.120. The van der Waals surface area contributed by atoms with Crippen molar-refractivity contribution in [2.24, 2.45) is 0 Å². The summed E-state index contributed by atoms with van der Waals surface area (Å²) < 4.78 is 0. The van der Waals surface area contributed by atoms with Crippen molar-refractivity contribution in [3.63, 3.8) is 0 Å². The van der Waals surface area contributed by atoms with Gasteiger partial charge < -0.3 is 15.7 Å². The third-order valence-corrected chi connectivity index (χ3v) is 3.24. The lowest BCUT2D eigenvalue weighted by atomic mass is 9.92. The molecule has 0 bridgehead atoms.